The van der Waals surface area contributed by atoms with E-state index < -0.39 is 11.2 Å². The molecule has 0 aromatic heterocycles. The number of hydrogen-bond donors (Lipinski definition) is 1. The Hall–Kier alpha value is -0.710. The third kappa shape index (κ3) is 3.74. The summed E-state index contributed by atoms with van der Waals surface area (Å²) in [6, 6.07) is 0. The largest absolute Gasteiger partial charge is 0.480 e. The molecule has 1 fully saturated rings. The van der Waals surface area contributed by atoms with Crippen molar-refractivity contribution in [1.29, 1.82) is 0 Å². The number of carboxylic acids is 1. The SMILES string of the molecule is CCCCCN1CC(C(=O)O)SCC1=O. The van der Waals surface area contributed by atoms with E-state index in [1.807, 2.05) is 0 Å². The van der Waals surface area contributed by atoms with E-state index in [9.17, 15) is 9.59 Å². The van der Waals surface area contributed by atoms with Crippen molar-refractivity contribution in [1.82, 2.24) is 4.90 Å². The lowest BCUT2D eigenvalue weighted by molar-refractivity contribution is -0.138. The lowest BCUT2D eigenvalue weighted by Gasteiger charge is -2.30. The predicted molar refractivity (Wildman–Crippen MR) is 60.0 cm³/mol. The van der Waals surface area contributed by atoms with Crippen LogP contribution in [0.1, 0.15) is 26.2 Å². The highest BCUT2D eigenvalue weighted by atomic mass is 32.2. The van der Waals surface area contributed by atoms with Crippen molar-refractivity contribution in [3.63, 3.8) is 0 Å². The molecule has 1 aliphatic heterocycles. The van der Waals surface area contributed by atoms with E-state index in [2.05, 4.69) is 6.92 Å². The molecule has 0 saturated carbocycles. The van der Waals surface area contributed by atoms with Gasteiger partial charge in [-0.05, 0) is 6.42 Å². The van der Waals surface area contributed by atoms with Crippen molar-refractivity contribution in [2.24, 2.45) is 0 Å². The summed E-state index contributed by atoms with van der Waals surface area (Å²) in [7, 11) is 0. The highest BCUT2D eigenvalue weighted by Crippen LogP contribution is 2.20. The average Bonchev–Trinajstić information content (AvgIpc) is 2.20. The van der Waals surface area contributed by atoms with Crippen molar-refractivity contribution in [3.05, 3.63) is 0 Å². The van der Waals surface area contributed by atoms with Gasteiger partial charge in [-0.15, -0.1) is 11.8 Å². The van der Waals surface area contributed by atoms with Crippen molar-refractivity contribution in [2.75, 3.05) is 18.8 Å². The molecule has 0 bridgehead atoms. The van der Waals surface area contributed by atoms with Gasteiger partial charge in [-0.25, -0.2) is 0 Å². The first-order valence-corrected chi connectivity index (χ1v) is 6.32. The van der Waals surface area contributed by atoms with Gasteiger partial charge in [0.2, 0.25) is 5.91 Å². The maximum absolute atomic E-state index is 11.5. The number of aliphatic carboxylic acids is 1. The normalized spacial score (nSPS) is 21.8. The molecule has 1 rings (SSSR count). The van der Waals surface area contributed by atoms with E-state index in [-0.39, 0.29) is 5.91 Å². The van der Waals surface area contributed by atoms with E-state index in [0.29, 0.717) is 18.8 Å². The van der Waals surface area contributed by atoms with Gasteiger partial charge < -0.3 is 10.0 Å². The molecule has 1 N–H and O–H groups in total. The van der Waals surface area contributed by atoms with Crippen LogP contribution in [0.4, 0.5) is 0 Å². The summed E-state index contributed by atoms with van der Waals surface area (Å²) in [5.41, 5.74) is 0. The monoisotopic (exact) mass is 231 g/mol. The smallest absolute Gasteiger partial charge is 0.318 e. The van der Waals surface area contributed by atoms with Gasteiger partial charge >= 0.3 is 5.97 Å². The number of carbonyl (C=O) groups is 2. The van der Waals surface area contributed by atoms with Gasteiger partial charge in [0.1, 0.15) is 5.25 Å². The fraction of sp³-hybridized carbons (Fsp3) is 0.800. The van der Waals surface area contributed by atoms with Gasteiger partial charge in [-0.3, -0.25) is 9.59 Å². The standard InChI is InChI=1S/C10H17NO3S/c1-2-3-4-5-11-6-8(10(13)14)15-7-9(11)12/h8H,2-7H2,1H3,(H,13,14). The molecule has 0 aromatic rings. The number of unbranched alkanes of at least 4 members (excludes halogenated alkanes) is 2. The Labute approximate surface area is 94.0 Å². The van der Waals surface area contributed by atoms with Crippen LogP contribution in [0.2, 0.25) is 0 Å². The zero-order chi connectivity index (χ0) is 11.3. The minimum atomic E-state index is -0.812. The highest BCUT2D eigenvalue weighted by molar-refractivity contribution is 8.01. The molecule has 1 heterocycles. The number of rotatable bonds is 5. The van der Waals surface area contributed by atoms with Crippen molar-refractivity contribution >= 4 is 23.6 Å². The van der Waals surface area contributed by atoms with E-state index in [1.54, 1.807) is 4.90 Å². The van der Waals surface area contributed by atoms with Crippen LogP contribution in [-0.4, -0.2) is 46.0 Å². The summed E-state index contributed by atoms with van der Waals surface area (Å²) in [5, 5.41) is 8.41. The Morgan fingerprint density at radius 1 is 1.60 bits per heavy atom. The van der Waals surface area contributed by atoms with Crippen LogP contribution in [0.15, 0.2) is 0 Å². The second-order valence-electron chi connectivity index (χ2n) is 3.68. The molecule has 4 nitrogen and oxygen atoms in total. The van der Waals surface area contributed by atoms with E-state index >= 15 is 0 Å². The van der Waals surface area contributed by atoms with E-state index in [4.69, 9.17) is 5.11 Å². The molecule has 86 valence electrons. The maximum Gasteiger partial charge on any atom is 0.318 e. The first-order chi connectivity index (χ1) is 7.15. The van der Waals surface area contributed by atoms with Gasteiger partial charge in [0.05, 0.1) is 5.75 Å². The van der Waals surface area contributed by atoms with Crippen LogP contribution in [0.5, 0.6) is 0 Å². The lowest BCUT2D eigenvalue weighted by Crippen LogP contribution is -2.45. The zero-order valence-electron chi connectivity index (χ0n) is 8.94. The van der Waals surface area contributed by atoms with Crippen LogP contribution in [0.25, 0.3) is 0 Å². The van der Waals surface area contributed by atoms with Gasteiger partial charge in [-0.2, -0.15) is 0 Å². The molecule has 0 radical (unpaired) electrons. The molecular weight excluding hydrogens is 214 g/mol. The Balaban J connectivity index is 2.39. The fourth-order valence-corrected chi connectivity index (χ4v) is 2.49. The highest BCUT2D eigenvalue weighted by Gasteiger charge is 2.29. The molecule has 1 unspecified atom stereocenters. The van der Waals surface area contributed by atoms with Gasteiger partial charge in [0.15, 0.2) is 0 Å². The third-order valence-corrected chi connectivity index (χ3v) is 3.62. The Morgan fingerprint density at radius 2 is 2.33 bits per heavy atom. The number of thioether (sulfide) groups is 1. The Bertz CT molecular complexity index is 245. The number of hydrogen-bond acceptors (Lipinski definition) is 3. The number of nitrogens with zero attached hydrogens (tertiary/aromatic N) is 1. The Kier molecular flexibility index (Phi) is 4.94. The molecule has 1 saturated heterocycles. The molecule has 5 heteroatoms. The van der Waals surface area contributed by atoms with Crippen LogP contribution >= 0.6 is 11.8 Å². The summed E-state index contributed by atoms with van der Waals surface area (Å²) in [6.07, 6.45) is 3.17. The second-order valence-corrected chi connectivity index (χ2v) is 4.88. The number of carbonyl (C=O) groups excluding carboxylic acids is 1. The second kappa shape index (κ2) is 6.00. The zero-order valence-corrected chi connectivity index (χ0v) is 9.76. The number of amides is 1. The van der Waals surface area contributed by atoms with Crippen LogP contribution in [0, 0.1) is 0 Å². The van der Waals surface area contributed by atoms with Crippen LogP contribution in [-0.2, 0) is 9.59 Å². The lowest BCUT2D eigenvalue weighted by atomic mass is 10.2. The summed E-state index contributed by atoms with van der Waals surface area (Å²) in [5.74, 6) is -0.426. The molecule has 1 amide bonds. The molecule has 0 aliphatic carbocycles. The average molecular weight is 231 g/mol. The molecule has 0 spiro atoms. The van der Waals surface area contributed by atoms with E-state index in [0.717, 1.165) is 19.3 Å². The minimum absolute atomic E-state index is 0.0774. The number of carboxylic acid groups (broad SMARTS) is 1. The summed E-state index contributed by atoms with van der Waals surface area (Å²) < 4.78 is 0. The summed E-state index contributed by atoms with van der Waals surface area (Å²) in [6.45, 7) is 3.17. The van der Waals surface area contributed by atoms with Crippen molar-refractivity contribution in [3.8, 4) is 0 Å². The van der Waals surface area contributed by atoms with E-state index in [1.165, 1.54) is 11.8 Å². The molecule has 0 aromatic carbocycles. The molecule has 15 heavy (non-hydrogen) atoms. The van der Waals surface area contributed by atoms with Gasteiger partial charge in [0.25, 0.3) is 0 Å². The Morgan fingerprint density at radius 3 is 2.93 bits per heavy atom. The quantitative estimate of drug-likeness (QED) is 0.722. The molecule has 1 aliphatic rings. The van der Waals surface area contributed by atoms with Gasteiger partial charge in [-0.1, -0.05) is 19.8 Å². The van der Waals surface area contributed by atoms with Crippen LogP contribution in [0.3, 0.4) is 0 Å². The first-order valence-electron chi connectivity index (χ1n) is 5.27. The fourth-order valence-electron chi connectivity index (χ4n) is 1.54. The molecule has 1 atom stereocenters. The first kappa shape index (κ1) is 12.4. The topological polar surface area (TPSA) is 57.6 Å². The summed E-state index contributed by atoms with van der Waals surface area (Å²) >= 11 is 1.23. The third-order valence-electron chi connectivity index (χ3n) is 2.45. The van der Waals surface area contributed by atoms with Crippen molar-refractivity contribution in [2.45, 2.75) is 31.4 Å². The van der Waals surface area contributed by atoms with Crippen molar-refractivity contribution < 1.29 is 14.7 Å². The van der Waals surface area contributed by atoms with Gasteiger partial charge in [0, 0.05) is 13.1 Å². The maximum atomic E-state index is 11.5. The summed E-state index contributed by atoms with van der Waals surface area (Å²) in [4.78, 5) is 23.9. The minimum Gasteiger partial charge on any atom is -0.480 e. The predicted octanol–water partition coefficient (Wildman–Crippen LogP) is 1.21. The van der Waals surface area contributed by atoms with Crippen LogP contribution < -0.4 is 0 Å². The molecular formula is C10H17NO3S.